The number of amides is 2. The molecule has 0 aromatic heterocycles. The van der Waals surface area contributed by atoms with Crippen LogP contribution in [0.1, 0.15) is 20.7 Å². The first-order chi connectivity index (χ1) is 12.0. The van der Waals surface area contributed by atoms with Crippen molar-refractivity contribution in [3.63, 3.8) is 0 Å². The molecule has 1 heterocycles. The molecule has 0 spiro atoms. The van der Waals surface area contributed by atoms with Crippen LogP contribution in [-0.2, 0) is 0 Å². The lowest BCUT2D eigenvalue weighted by Gasteiger charge is -2.34. The van der Waals surface area contributed by atoms with Crippen LogP contribution < -0.4 is 0 Å². The normalized spacial score (nSPS) is 14.5. The predicted octanol–water partition coefficient (Wildman–Crippen LogP) is 2.70. The minimum absolute atomic E-state index is 0.0591. The summed E-state index contributed by atoms with van der Waals surface area (Å²) in [4.78, 5) is 27.7. The molecule has 25 heavy (non-hydrogen) atoms. The van der Waals surface area contributed by atoms with Crippen LogP contribution in [0.2, 0.25) is 0 Å². The number of halogens is 3. The molecule has 0 radical (unpaired) electrons. The first-order valence-corrected chi connectivity index (χ1v) is 7.75. The molecular weight excluding hydrogens is 333 g/mol. The number of nitrogens with zero attached hydrogens (tertiary/aromatic N) is 2. The Morgan fingerprint density at radius 1 is 0.720 bits per heavy atom. The third-order valence-electron chi connectivity index (χ3n) is 4.09. The molecule has 7 heteroatoms. The zero-order valence-corrected chi connectivity index (χ0v) is 13.2. The molecule has 1 saturated heterocycles. The van der Waals surface area contributed by atoms with Crippen LogP contribution in [0.25, 0.3) is 0 Å². The van der Waals surface area contributed by atoms with Crippen molar-refractivity contribution in [1.29, 1.82) is 0 Å². The maximum absolute atomic E-state index is 13.3. The quantitative estimate of drug-likeness (QED) is 0.837. The molecule has 4 nitrogen and oxygen atoms in total. The highest BCUT2D eigenvalue weighted by Crippen LogP contribution is 2.14. The van der Waals surface area contributed by atoms with Gasteiger partial charge in [0.15, 0.2) is 11.6 Å². The smallest absolute Gasteiger partial charge is 0.254 e. The van der Waals surface area contributed by atoms with E-state index in [0.29, 0.717) is 0 Å². The molecule has 1 fully saturated rings. The highest BCUT2D eigenvalue weighted by molar-refractivity contribution is 5.96. The molecular formula is C18H15F3N2O2. The molecule has 1 aliphatic heterocycles. The van der Waals surface area contributed by atoms with E-state index in [9.17, 15) is 22.8 Å². The van der Waals surface area contributed by atoms with Gasteiger partial charge in [-0.05, 0) is 36.4 Å². The van der Waals surface area contributed by atoms with E-state index in [4.69, 9.17) is 0 Å². The van der Waals surface area contributed by atoms with Gasteiger partial charge in [-0.2, -0.15) is 0 Å². The Balaban J connectivity index is 1.64. The van der Waals surface area contributed by atoms with E-state index < -0.39 is 23.4 Å². The summed E-state index contributed by atoms with van der Waals surface area (Å²) in [6, 6.07) is 8.42. The number of benzene rings is 2. The van der Waals surface area contributed by atoms with Crippen molar-refractivity contribution in [3.05, 3.63) is 71.0 Å². The van der Waals surface area contributed by atoms with E-state index in [1.54, 1.807) is 0 Å². The maximum atomic E-state index is 13.3. The minimum atomic E-state index is -1.08. The number of piperazine rings is 1. The van der Waals surface area contributed by atoms with E-state index in [2.05, 4.69) is 0 Å². The highest BCUT2D eigenvalue weighted by Gasteiger charge is 2.26. The average molecular weight is 348 g/mol. The van der Waals surface area contributed by atoms with Crippen molar-refractivity contribution >= 4 is 11.8 Å². The standard InChI is InChI=1S/C18H15F3N2O2/c19-14-3-1-2-12(10-14)17(24)22-6-8-23(9-7-22)18(25)13-4-5-15(20)16(21)11-13/h1-5,10-11H,6-9H2. The lowest BCUT2D eigenvalue weighted by atomic mass is 10.1. The monoisotopic (exact) mass is 348 g/mol. The lowest BCUT2D eigenvalue weighted by Crippen LogP contribution is -2.50. The molecule has 3 rings (SSSR count). The summed E-state index contributed by atoms with van der Waals surface area (Å²) in [7, 11) is 0. The molecule has 0 aliphatic carbocycles. The average Bonchev–Trinajstić information content (AvgIpc) is 2.63. The summed E-state index contributed by atoms with van der Waals surface area (Å²) in [6.07, 6.45) is 0. The number of carbonyl (C=O) groups excluding carboxylic acids is 2. The van der Waals surface area contributed by atoms with Crippen molar-refractivity contribution in [3.8, 4) is 0 Å². The Bertz CT molecular complexity index is 818. The molecule has 2 aromatic rings. The van der Waals surface area contributed by atoms with E-state index in [0.717, 1.165) is 12.1 Å². The topological polar surface area (TPSA) is 40.6 Å². The predicted molar refractivity (Wildman–Crippen MR) is 84.6 cm³/mol. The molecule has 130 valence electrons. The second-order valence-electron chi connectivity index (χ2n) is 5.72. The molecule has 0 atom stereocenters. The van der Waals surface area contributed by atoms with Crippen LogP contribution in [0.15, 0.2) is 42.5 Å². The van der Waals surface area contributed by atoms with E-state index in [-0.39, 0.29) is 43.2 Å². The van der Waals surface area contributed by atoms with Crippen molar-refractivity contribution in [2.45, 2.75) is 0 Å². The lowest BCUT2D eigenvalue weighted by molar-refractivity contribution is 0.0535. The fourth-order valence-electron chi connectivity index (χ4n) is 2.73. The van der Waals surface area contributed by atoms with Crippen molar-refractivity contribution in [1.82, 2.24) is 9.80 Å². The first kappa shape index (κ1) is 17.0. The van der Waals surface area contributed by atoms with Crippen molar-refractivity contribution < 1.29 is 22.8 Å². The number of rotatable bonds is 2. The summed E-state index contributed by atoms with van der Waals surface area (Å²) >= 11 is 0. The highest BCUT2D eigenvalue weighted by atomic mass is 19.2. The fraction of sp³-hybridized carbons (Fsp3) is 0.222. The van der Waals surface area contributed by atoms with Gasteiger partial charge in [-0.15, -0.1) is 0 Å². The van der Waals surface area contributed by atoms with E-state index in [1.165, 1.54) is 40.1 Å². The van der Waals surface area contributed by atoms with Crippen LogP contribution >= 0.6 is 0 Å². The van der Waals surface area contributed by atoms with Gasteiger partial charge in [0.25, 0.3) is 11.8 Å². The van der Waals surface area contributed by atoms with E-state index >= 15 is 0 Å². The van der Waals surface area contributed by atoms with Gasteiger partial charge in [0.1, 0.15) is 5.82 Å². The molecule has 0 bridgehead atoms. The SMILES string of the molecule is O=C(c1cccc(F)c1)N1CCN(C(=O)c2ccc(F)c(F)c2)CC1. The zero-order valence-electron chi connectivity index (χ0n) is 13.2. The Morgan fingerprint density at radius 3 is 1.80 bits per heavy atom. The Hall–Kier alpha value is -2.83. The summed E-state index contributed by atoms with van der Waals surface area (Å²) in [5.41, 5.74) is 0.309. The Kier molecular flexibility index (Phi) is 4.74. The van der Waals surface area contributed by atoms with Gasteiger partial charge in [0.2, 0.25) is 0 Å². The van der Waals surface area contributed by atoms with Gasteiger partial charge in [0.05, 0.1) is 0 Å². The fourth-order valence-corrected chi connectivity index (χ4v) is 2.73. The Morgan fingerprint density at radius 2 is 1.28 bits per heavy atom. The van der Waals surface area contributed by atoms with Crippen LogP contribution in [0.3, 0.4) is 0 Å². The molecule has 2 aromatic carbocycles. The maximum Gasteiger partial charge on any atom is 0.254 e. The van der Waals surface area contributed by atoms with Gasteiger partial charge in [-0.25, -0.2) is 13.2 Å². The van der Waals surface area contributed by atoms with Crippen molar-refractivity contribution in [2.24, 2.45) is 0 Å². The third kappa shape index (κ3) is 3.65. The summed E-state index contributed by atoms with van der Waals surface area (Å²) in [6.45, 7) is 1.09. The van der Waals surface area contributed by atoms with Gasteiger partial charge in [-0.1, -0.05) is 6.07 Å². The van der Waals surface area contributed by atoms with Gasteiger partial charge in [-0.3, -0.25) is 9.59 Å². The van der Waals surface area contributed by atoms with Crippen LogP contribution in [0.5, 0.6) is 0 Å². The minimum Gasteiger partial charge on any atom is -0.335 e. The third-order valence-corrected chi connectivity index (χ3v) is 4.09. The number of carbonyl (C=O) groups is 2. The molecule has 1 aliphatic rings. The second kappa shape index (κ2) is 6.96. The summed E-state index contributed by atoms with van der Waals surface area (Å²) < 4.78 is 39.5. The number of hydrogen-bond donors (Lipinski definition) is 0. The zero-order chi connectivity index (χ0) is 18.0. The summed E-state index contributed by atoms with van der Waals surface area (Å²) in [5, 5.41) is 0. The second-order valence-corrected chi connectivity index (χ2v) is 5.72. The molecule has 2 amide bonds. The van der Waals surface area contributed by atoms with Crippen LogP contribution in [0.4, 0.5) is 13.2 Å². The van der Waals surface area contributed by atoms with Gasteiger partial charge in [0, 0.05) is 37.3 Å². The molecule has 0 unspecified atom stereocenters. The summed E-state index contributed by atoms with van der Waals surface area (Å²) in [5.74, 6) is -3.30. The molecule has 0 saturated carbocycles. The number of hydrogen-bond acceptors (Lipinski definition) is 2. The van der Waals surface area contributed by atoms with Crippen LogP contribution in [0, 0.1) is 17.5 Å². The van der Waals surface area contributed by atoms with Gasteiger partial charge < -0.3 is 9.80 Å². The van der Waals surface area contributed by atoms with Crippen molar-refractivity contribution in [2.75, 3.05) is 26.2 Å². The van der Waals surface area contributed by atoms with Gasteiger partial charge >= 0.3 is 0 Å². The van der Waals surface area contributed by atoms with Crippen LogP contribution in [-0.4, -0.2) is 47.8 Å². The van der Waals surface area contributed by atoms with E-state index in [1.807, 2.05) is 0 Å². The molecule has 0 N–H and O–H groups in total. The largest absolute Gasteiger partial charge is 0.335 e. The first-order valence-electron chi connectivity index (χ1n) is 7.75. The Labute approximate surface area is 142 Å².